The van der Waals surface area contributed by atoms with E-state index in [1.165, 1.54) is 0 Å². The molecule has 0 spiro atoms. The van der Waals surface area contributed by atoms with Crippen LogP contribution in [0.3, 0.4) is 0 Å². The van der Waals surface area contributed by atoms with Crippen LogP contribution in [0.2, 0.25) is 0 Å². The molecular weight excluding hydrogens is 150 g/mol. The summed E-state index contributed by atoms with van der Waals surface area (Å²) in [6, 6.07) is 0.418. The van der Waals surface area contributed by atoms with E-state index in [2.05, 4.69) is 32.8 Å². The van der Waals surface area contributed by atoms with Gasteiger partial charge < -0.3 is 4.84 Å². The van der Waals surface area contributed by atoms with Gasteiger partial charge >= 0.3 is 0 Å². The van der Waals surface area contributed by atoms with E-state index in [4.69, 9.17) is 4.84 Å². The molecule has 12 heavy (non-hydrogen) atoms. The summed E-state index contributed by atoms with van der Waals surface area (Å²) in [5.41, 5.74) is 3.00. The van der Waals surface area contributed by atoms with Gasteiger partial charge in [0.2, 0.25) is 0 Å². The topological polar surface area (TPSA) is 21.3 Å². The molecule has 0 saturated carbocycles. The second-order valence-corrected chi connectivity index (χ2v) is 3.59. The van der Waals surface area contributed by atoms with E-state index in [1.807, 2.05) is 6.08 Å². The second kappa shape index (κ2) is 7.32. The van der Waals surface area contributed by atoms with E-state index < -0.39 is 0 Å². The largest absolute Gasteiger partial charge is 0.301 e. The molecule has 1 atom stereocenters. The summed E-state index contributed by atoms with van der Waals surface area (Å²) < 4.78 is 0. The minimum absolute atomic E-state index is 0.418. The molecule has 0 fully saturated rings. The van der Waals surface area contributed by atoms with Crippen molar-refractivity contribution in [3.8, 4) is 0 Å². The van der Waals surface area contributed by atoms with Gasteiger partial charge in [0.15, 0.2) is 0 Å². The fraction of sp³-hybridized carbons (Fsp3) is 0.800. The third-order valence-corrected chi connectivity index (χ3v) is 1.50. The smallest absolute Gasteiger partial charge is 0.0705 e. The molecule has 72 valence electrons. The molecule has 0 bridgehead atoms. The third-order valence-electron chi connectivity index (χ3n) is 1.50. The zero-order valence-corrected chi connectivity index (χ0v) is 8.47. The zero-order chi connectivity index (χ0) is 9.40. The number of rotatable bonds is 7. The molecule has 0 aliphatic heterocycles. The predicted octanol–water partition coefficient (Wildman–Crippen LogP) is 2.52. The fourth-order valence-corrected chi connectivity index (χ4v) is 0.784. The van der Waals surface area contributed by atoms with Gasteiger partial charge in [0.05, 0.1) is 6.61 Å². The van der Waals surface area contributed by atoms with Crippen molar-refractivity contribution in [3.05, 3.63) is 12.7 Å². The van der Waals surface area contributed by atoms with Gasteiger partial charge in [-0.25, -0.2) is 0 Å². The molecule has 2 heteroatoms. The summed E-state index contributed by atoms with van der Waals surface area (Å²) in [6.07, 6.45) is 4.06. The summed E-state index contributed by atoms with van der Waals surface area (Å²) in [4.78, 5) is 5.27. The second-order valence-electron chi connectivity index (χ2n) is 3.59. The number of hydrogen-bond donors (Lipinski definition) is 1. The van der Waals surface area contributed by atoms with Gasteiger partial charge in [-0.3, -0.25) is 0 Å². The molecule has 2 nitrogen and oxygen atoms in total. The van der Waals surface area contributed by atoms with Crippen LogP contribution in [0.5, 0.6) is 0 Å². The molecule has 0 aromatic rings. The predicted molar refractivity (Wildman–Crippen MR) is 52.8 cm³/mol. The Kier molecular flexibility index (Phi) is 7.11. The van der Waals surface area contributed by atoms with E-state index in [0.717, 1.165) is 19.4 Å². The minimum Gasteiger partial charge on any atom is -0.301 e. The van der Waals surface area contributed by atoms with Gasteiger partial charge in [-0.1, -0.05) is 19.9 Å². The lowest BCUT2D eigenvalue weighted by Gasteiger charge is -2.13. The Morgan fingerprint density at radius 1 is 1.42 bits per heavy atom. The lowest BCUT2D eigenvalue weighted by atomic mass is 10.2. The molecule has 0 saturated heterocycles. The van der Waals surface area contributed by atoms with Crippen molar-refractivity contribution >= 4 is 0 Å². The molecule has 0 aliphatic rings. The van der Waals surface area contributed by atoms with Gasteiger partial charge in [-0.05, 0) is 25.7 Å². The normalized spacial score (nSPS) is 13.3. The van der Waals surface area contributed by atoms with Crippen molar-refractivity contribution < 1.29 is 4.84 Å². The van der Waals surface area contributed by atoms with Crippen molar-refractivity contribution in [2.24, 2.45) is 5.92 Å². The van der Waals surface area contributed by atoms with E-state index in [0.29, 0.717) is 12.0 Å². The van der Waals surface area contributed by atoms with Gasteiger partial charge in [-0.15, -0.1) is 6.58 Å². The van der Waals surface area contributed by atoms with Crippen LogP contribution in [0.4, 0.5) is 0 Å². The minimum atomic E-state index is 0.418. The molecule has 0 heterocycles. The van der Waals surface area contributed by atoms with Gasteiger partial charge in [-0.2, -0.15) is 5.48 Å². The van der Waals surface area contributed by atoms with Crippen LogP contribution in [-0.2, 0) is 4.84 Å². The third kappa shape index (κ3) is 7.76. The molecule has 1 N–H and O–H groups in total. The van der Waals surface area contributed by atoms with Crippen LogP contribution >= 0.6 is 0 Å². The lowest BCUT2D eigenvalue weighted by Crippen LogP contribution is -2.27. The fourth-order valence-electron chi connectivity index (χ4n) is 0.784. The van der Waals surface area contributed by atoms with E-state index in [1.54, 1.807) is 0 Å². The first-order valence-corrected chi connectivity index (χ1v) is 4.65. The number of hydroxylamine groups is 1. The van der Waals surface area contributed by atoms with Gasteiger partial charge in [0.1, 0.15) is 0 Å². The van der Waals surface area contributed by atoms with Gasteiger partial charge in [0.25, 0.3) is 0 Å². The molecule has 0 aliphatic carbocycles. The van der Waals surface area contributed by atoms with Crippen LogP contribution in [-0.4, -0.2) is 12.6 Å². The Morgan fingerprint density at radius 2 is 2.08 bits per heavy atom. The van der Waals surface area contributed by atoms with Crippen LogP contribution in [0.1, 0.15) is 33.6 Å². The first-order valence-electron chi connectivity index (χ1n) is 4.65. The quantitative estimate of drug-likeness (QED) is 0.469. The summed E-state index contributed by atoms with van der Waals surface area (Å²) in [7, 11) is 0. The summed E-state index contributed by atoms with van der Waals surface area (Å²) in [5, 5.41) is 0. The van der Waals surface area contributed by atoms with Crippen LogP contribution in [0, 0.1) is 5.92 Å². The zero-order valence-electron chi connectivity index (χ0n) is 8.47. The molecule has 1 unspecified atom stereocenters. The molecule has 0 aromatic carbocycles. The van der Waals surface area contributed by atoms with Crippen LogP contribution < -0.4 is 5.48 Å². The molecular formula is C10H21NO. The molecule has 0 rings (SSSR count). The molecule has 0 amide bonds. The van der Waals surface area contributed by atoms with Crippen molar-refractivity contribution in [1.29, 1.82) is 0 Å². The van der Waals surface area contributed by atoms with E-state index in [-0.39, 0.29) is 0 Å². The maximum absolute atomic E-state index is 5.27. The Bertz CT molecular complexity index is 112. The summed E-state index contributed by atoms with van der Waals surface area (Å²) >= 11 is 0. The highest BCUT2D eigenvalue weighted by Crippen LogP contribution is 1.97. The first kappa shape index (κ1) is 11.7. The average molecular weight is 171 g/mol. The highest BCUT2D eigenvalue weighted by atomic mass is 16.6. The lowest BCUT2D eigenvalue weighted by molar-refractivity contribution is 0.00321. The summed E-state index contributed by atoms with van der Waals surface area (Å²) in [5.74, 6) is 0.587. The van der Waals surface area contributed by atoms with Crippen LogP contribution in [0.25, 0.3) is 0 Å². The van der Waals surface area contributed by atoms with Crippen molar-refractivity contribution in [3.63, 3.8) is 0 Å². The number of nitrogens with one attached hydrogen (secondary N) is 1. The maximum Gasteiger partial charge on any atom is 0.0705 e. The Balaban J connectivity index is 3.18. The van der Waals surface area contributed by atoms with Crippen LogP contribution in [0.15, 0.2) is 12.7 Å². The van der Waals surface area contributed by atoms with Crippen molar-refractivity contribution in [2.45, 2.75) is 39.7 Å². The van der Waals surface area contributed by atoms with Crippen molar-refractivity contribution in [2.75, 3.05) is 6.61 Å². The number of allylic oxidation sites excluding steroid dienone is 1. The SMILES string of the molecule is C=CCCC(C)NOCC(C)C. The standard InChI is InChI=1S/C10H21NO/c1-5-6-7-10(4)11-12-8-9(2)3/h5,9-11H,1,6-8H2,2-4H3. The highest BCUT2D eigenvalue weighted by Gasteiger charge is 2.00. The molecule has 0 radical (unpaired) electrons. The van der Waals surface area contributed by atoms with Crippen molar-refractivity contribution in [1.82, 2.24) is 5.48 Å². The summed E-state index contributed by atoms with van der Waals surface area (Å²) in [6.45, 7) is 10.8. The average Bonchev–Trinajstić information content (AvgIpc) is 2.00. The highest BCUT2D eigenvalue weighted by molar-refractivity contribution is 4.69. The van der Waals surface area contributed by atoms with E-state index >= 15 is 0 Å². The Labute approximate surface area is 76.0 Å². The van der Waals surface area contributed by atoms with E-state index in [9.17, 15) is 0 Å². The Morgan fingerprint density at radius 3 is 2.58 bits per heavy atom. The first-order chi connectivity index (χ1) is 5.66. The number of hydrogen-bond acceptors (Lipinski definition) is 2. The monoisotopic (exact) mass is 171 g/mol. The Hall–Kier alpha value is -0.340. The van der Waals surface area contributed by atoms with Gasteiger partial charge in [0, 0.05) is 6.04 Å². The molecule has 0 aromatic heterocycles. The maximum atomic E-state index is 5.27.